The van der Waals surface area contributed by atoms with Gasteiger partial charge < -0.3 is 34.7 Å². The van der Waals surface area contributed by atoms with Gasteiger partial charge in [0.2, 0.25) is 0 Å². The predicted octanol–water partition coefficient (Wildman–Crippen LogP) is 5.64. The minimum absolute atomic E-state index is 0. The molecule has 2 aromatic carbocycles. The van der Waals surface area contributed by atoms with Crippen LogP contribution in [-0.4, -0.2) is 11.9 Å². The molecule has 1 heterocycles. The molecule has 5 heteroatoms. The molecule has 1 N–H and O–H groups in total. The first kappa shape index (κ1) is 37.8. The summed E-state index contributed by atoms with van der Waals surface area (Å²) in [7, 11) is 0. The van der Waals surface area contributed by atoms with Crippen molar-refractivity contribution in [2.24, 2.45) is 0 Å². The molecule has 3 rings (SSSR count). The number of benzene rings is 1. The Kier molecular flexibility index (Phi) is 44.2. The van der Waals surface area contributed by atoms with Crippen molar-refractivity contribution in [1.29, 1.82) is 0 Å². The van der Waals surface area contributed by atoms with Crippen molar-refractivity contribution in [2.45, 2.75) is 0 Å². The standard InChI is InChI=1S/C9H7.C4H4N.4CH3.2ClH.Si.Zr/c1-2-5-9-7-3-6-8(9)4-1;1-2-4-5-3-1;;;;;;;;/h1-7H;1-3,5H;4*1H3;2*1H;;/q6*-1;;;;. The molecule has 0 bridgehead atoms. The Morgan fingerprint density at radius 1 is 0.909 bits per heavy atom. The number of hydrogen-bond donors (Lipinski definition) is 1. The average molecular weight is 434 g/mol. The van der Waals surface area contributed by atoms with Gasteiger partial charge in [-0.25, -0.2) is 0 Å². The fourth-order valence-electron chi connectivity index (χ4n) is 1.31. The molecule has 0 spiro atoms. The Labute approximate surface area is 166 Å². The smallest absolute Gasteiger partial charge is 0.0809 e. The van der Waals surface area contributed by atoms with E-state index in [9.17, 15) is 0 Å². The average Bonchev–Trinajstić information content (AvgIpc) is 3.06. The second kappa shape index (κ2) is 25.7. The van der Waals surface area contributed by atoms with Crippen LogP contribution in [0.4, 0.5) is 0 Å². The van der Waals surface area contributed by atoms with Crippen LogP contribution in [0.2, 0.25) is 0 Å². The minimum atomic E-state index is 0. The molecule has 0 fully saturated rings. The third-order valence-electron chi connectivity index (χ3n) is 1.99. The Morgan fingerprint density at radius 2 is 1.50 bits per heavy atom. The van der Waals surface area contributed by atoms with Crippen molar-refractivity contribution in [2.75, 3.05) is 0 Å². The normalized spacial score (nSPS) is 6.14. The number of halogens is 2. The molecule has 0 aliphatic heterocycles. The SMILES string of the molecule is Cl.Cl.[CH3-].[CH3-].[CH3-].[CH3-].[Si]=[Zr].[c-]1ccc[nH]1.c1ccc2[cH-]ccc2c1. The molecule has 0 aliphatic rings. The number of H-pyrrole nitrogens is 1. The number of rotatable bonds is 0. The third kappa shape index (κ3) is 14.7. The van der Waals surface area contributed by atoms with Gasteiger partial charge in [0.15, 0.2) is 0 Å². The molecule has 0 unspecified atom stereocenters. The van der Waals surface area contributed by atoms with E-state index < -0.39 is 0 Å². The van der Waals surface area contributed by atoms with Crippen LogP contribution >= 0.6 is 24.8 Å². The molecule has 0 saturated carbocycles. The van der Waals surface area contributed by atoms with Crippen molar-refractivity contribution in [3.05, 3.63) is 96.7 Å². The van der Waals surface area contributed by atoms with Crippen LogP contribution in [0.1, 0.15) is 0 Å². The first-order valence-corrected chi connectivity index (χ1v) is 9.00. The summed E-state index contributed by atoms with van der Waals surface area (Å²) in [5.74, 6) is 0. The van der Waals surface area contributed by atoms with Gasteiger partial charge in [0.25, 0.3) is 0 Å². The first-order valence-electron chi connectivity index (χ1n) is 4.82. The molecular formula is C17H25Cl2NSiZr-6. The Bertz CT molecular complexity index is 451. The van der Waals surface area contributed by atoms with Gasteiger partial charge >= 0.3 is 30.2 Å². The summed E-state index contributed by atoms with van der Waals surface area (Å²) in [5, 5.41) is 2.66. The summed E-state index contributed by atoms with van der Waals surface area (Å²) in [6.07, 6.45) is 4.56. The largest absolute Gasteiger partial charge is 0.484 e. The quantitative estimate of drug-likeness (QED) is 0.349. The molecule has 1 nitrogen and oxygen atoms in total. The maximum absolute atomic E-state index is 3.06. The van der Waals surface area contributed by atoms with Gasteiger partial charge in [0.05, 0.1) is 0 Å². The third-order valence-corrected chi connectivity index (χ3v) is 1.99. The number of aromatic amines is 1. The Balaban J connectivity index is -0.0000000445. The van der Waals surface area contributed by atoms with Gasteiger partial charge in [0.1, 0.15) is 0 Å². The first-order chi connectivity index (χ1) is 7.97. The van der Waals surface area contributed by atoms with Gasteiger partial charge in [0, 0.05) is 0 Å². The van der Waals surface area contributed by atoms with Crippen LogP contribution in [0.25, 0.3) is 10.8 Å². The molecule has 2 radical (unpaired) electrons. The summed E-state index contributed by atoms with van der Waals surface area (Å²) in [5.41, 5.74) is 0. The van der Waals surface area contributed by atoms with E-state index in [2.05, 4.69) is 60.5 Å². The second-order valence-electron chi connectivity index (χ2n) is 2.97. The van der Waals surface area contributed by atoms with Gasteiger partial charge in [-0.05, 0) is 0 Å². The van der Waals surface area contributed by atoms with Crippen LogP contribution in [0.15, 0.2) is 60.8 Å². The van der Waals surface area contributed by atoms with Crippen LogP contribution in [0.5, 0.6) is 0 Å². The predicted molar refractivity (Wildman–Crippen MR) is 105 cm³/mol. The Hall–Kier alpha value is -0.210. The fourth-order valence-corrected chi connectivity index (χ4v) is 1.31. The molecule has 0 atom stereocenters. The molecular weight excluding hydrogens is 408 g/mol. The van der Waals surface area contributed by atoms with Gasteiger partial charge in [-0.15, -0.1) is 60.7 Å². The van der Waals surface area contributed by atoms with Crippen molar-refractivity contribution < 1.29 is 23.3 Å². The number of fused-ring (bicyclic) bond motifs is 1. The van der Waals surface area contributed by atoms with Crippen molar-refractivity contribution >= 4 is 42.5 Å². The van der Waals surface area contributed by atoms with Gasteiger partial charge in [-0.2, -0.15) is 35.8 Å². The maximum Gasteiger partial charge on any atom is -0.0809 e. The van der Waals surface area contributed by atoms with E-state index >= 15 is 0 Å². The van der Waals surface area contributed by atoms with Gasteiger partial charge in [-0.1, -0.05) is 6.07 Å². The maximum atomic E-state index is 3.06. The summed E-state index contributed by atoms with van der Waals surface area (Å²) < 4.78 is 0. The van der Waals surface area contributed by atoms with E-state index in [4.69, 9.17) is 0 Å². The molecule has 0 saturated heterocycles. The van der Waals surface area contributed by atoms with Crippen molar-refractivity contribution in [1.82, 2.24) is 4.98 Å². The van der Waals surface area contributed by atoms with Gasteiger partial charge in [-0.3, -0.25) is 0 Å². The summed E-state index contributed by atoms with van der Waals surface area (Å²) in [4.78, 5) is 2.74. The molecule has 0 amide bonds. The Morgan fingerprint density at radius 3 is 1.91 bits per heavy atom. The zero-order valence-corrected chi connectivity index (χ0v) is 18.7. The monoisotopic (exact) mass is 431 g/mol. The van der Waals surface area contributed by atoms with E-state index in [1.165, 1.54) is 34.1 Å². The number of nitrogens with one attached hydrogen (secondary N) is 1. The van der Waals surface area contributed by atoms with E-state index in [0.717, 1.165) is 0 Å². The second-order valence-corrected chi connectivity index (χ2v) is 2.97. The molecule has 126 valence electrons. The van der Waals surface area contributed by atoms with E-state index in [-0.39, 0.29) is 54.5 Å². The summed E-state index contributed by atoms with van der Waals surface area (Å²) in [6, 6.07) is 18.4. The number of aromatic nitrogens is 1. The zero-order valence-electron chi connectivity index (χ0n) is 13.6. The molecule has 22 heavy (non-hydrogen) atoms. The van der Waals surface area contributed by atoms with E-state index in [1.54, 1.807) is 0 Å². The van der Waals surface area contributed by atoms with Crippen LogP contribution in [0, 0.1) is 35.9 Å². The molecule has 3 aromatic rings. The van der Waals surface area contributed by atoms with Crippen LogP contribution in [0.3, 0.4) is 0 Å². The minimum Gasteiger partial charge on any atom is -0.484 e. The fraction of sp³-hybridized carbons (Fsp3) is 0. The number of hydrogen-bond acceptors (Lipinski definition) is 0. The molecule has 0 aliphatic carbocycles. The summed E-state index contributed by atoms with van der Waals surface area (Å²) >= 11 is 1.36. The van der Waals surface area contributed by atoms with Crippen molar-refractivity contribution in [3.8, 4) is 0 Å². The van der Waals surface area contributed by atoms with E-state index in [1.807, 2.05) is 18.3 Å². The molecule has 1 aromatic heterocycles. The van der Waals surface area contributed by atoms with Crippen molar-refractivity contribution in [3.63, 3.8) is 0 Å². The van der Waals surface area contributed by atoms with E-state index in [0.29, 0.717) is 0 Å². The summed E-state index contributed by atoms with van der Waals surface area (Å²) in [6.45, 7) is 3.06. The van der Waals surface area contributed by atoms with Crippen LogP contribution < -0.4 is 0 Å². The van der Waals surface area contributed by atoms with Crippen LogP contribution in [-0.2, 0) is 23.3 Å². The topological polar surface area (TPSA) is 15.8 Å². The zero-order chi connectivity index (χ0) is 11.6.